The van der Waals surface area contributed by atoms with Gasteiger partial charge in [0.05, 0.1) is 6.61 Å². The Balaban J connectivity index is 2.13. The molecule has 1 nitrogen and oxygen atoms in total. The van der Waals surface area contributed by atoms with Gasteiger partial charge in [-0.05, 0) is 18.6 Å². The molecule has 0 spiro atoms. The molecule has 0 amide bonds. The maximum Gasteiger partial charge on any atom is 0.119 e. The minimum absolute atomic E-state index is 0.0685. The first-order valence-electron chi connectivity index (χ1n) is 4.76. The Bertz CT molecular complexity index is 221. The molecule has 0 aliphatic rings. The summed E-state index contributed by atoms with van der Waals surface area (Å²) in [5, 5.41) is 0. The summed E-state index contributed by atoms with van der Waals surface area (Å²) < 4.78 is 5.57. The van der Waals surface area contributed by atoms with Crippen LogP contribution in [0.2, 0.25) is 19.1 Å². The minimum Gasteiger partial charge on any atom is -0.494 e. The molecule has 13 heavy (non-hydrogen) atoms. The van der Waals surface area contributed by atoms with Gasteiger partial charge in [0.1, 0.15) is 5.75 Å². The molecule has 0 N–H and O–H groups in total. The Hall–Kier alpha value is -0.763. The Morgan fingerprint density at radius 2 is 1.85 bits per heavy atom. The summed E-state index contributed by atoms with van der Waals surface area (Å²) in [7, 11) is -0.0685. The molecule has 2 heteroatoms. The molecule has 0 aromatic heterocycles. The molecule has 0 aliphatic carbocycles. The second-order valence-corrected chi connectivity index (χ2v) is 6.39. The van der Waals surface area contributed by atoms with Crippen LogP contribution in [0.3, 0.4) is 0 Å². The zero-order valence-corrected chi connectivity index (χ0v) is 9.42. The van der Waals surface area contributed by atoms with Crippen LogP contribution < -0.4 is 4.74 Å². The van der Waals surface area contributed by atoms with Gasteiger partial charge in [0.2, 0.25) is 0 Å². The summed E-state index contributed by atoms with van der Waals surface area (Å²) in [5.74, 6) is 0.989. The van der Waals surface area contributed by atoms with Crippen LogP contribution in [0.1, 0.15) is 6.42 Å². The average molecular weight is 193 g/mol. The minimum atomic E-state index is -0.0685. The molecule has 0 bridgehead atoms. The van der Waals surface area contributed by atoms with E-state index in [1.807, 2.05) is 30.3 Å². The maximum atomic E-state index is 5.57. The first kappa shape index (κ1) is 10.3. The fourth-order valence-corrected chi connectivity index (χ4v) is 1.98. The molecule has 0 fully saturated rings. The Morgan fingerprint density at radius 1 is 1.15 bits per heavy atom. The molecule has 1 rings (SSSR count). The summed E-state index contributed by atoms with van der Waals surface area (Å²) in [6.07, 6.45) is 1.19. The van der Waals surface area contributed by atoms with Crippen molar-refractivity contribution in [2.45, 2.75) is 25.6 Å². The van der Waals surface area contributed by atoms with Gasteiger partial charge >= 0.3 is 0 Å². The standard InChI is InChI=1S/C11H17OSi/c1-13(2)10-6-9-12-11-7-4-3-5-8-11/h3-5,7-8H,6,9-10H2,1-2H3. The van der Waals surface area contributed by atoms with Crippen LogP contribution in [-0.4, -0.2) is 15.4 Å². The third kappa shape index (κ3) is 4.73. The summed E-state index contributed by atoms with van der Waals surface area (Å²) in [6.45, 7) is 5.54. The maximum absolute atomic E-state index is 5.57. The highest BCUT2D eigenvalue weighted by atomic mass is 28.3. The predicted molar refractivity (Wildman–Crippen MR) is 58.8 cm³/mol. The van der Waals surface area contributed by atoms with Crippen molar-refractivity contribution in [1.82, 2.24) is 0 Å². The van der Waals surface area contributed by atoms with Crippen molar-refractivity contribution in [1.29, 1.82) is 0 Å². The van der Waals surface area contributed by atoms with Gasteiger partial charge in [-0.2, -0.15) is 0 Å². The van der Waals surface area contributed by atoms with Crippen LogP contribution in [0.25, 0.3) is 0 Å². The highest BCUT2D eigenvalue weighted by Gasteiger charge is 1.96. The molecule has 71 valence electrons. The summed E-state index contributed by atoms with van der Waals surface area (Å²) >= 11 is 0. The molecule has 0 saturated heterocycles. The van der Waals surface area contributed by atoms with E-state index in [0.29, 0.717) is 0 Å². The highest BCUT2D eigenvalue weighted by Crippen LogP contribution is 2.09. The molecule has 1 aromatic carbocycles. The van der Waals surface area contributed by atoms with E-state index in [-0.39, 0.29) is 8.80 Å². The molecule has 0 atom stereocenters. The third-order valence-electron chi connectivity index (χ3n) is 1.83. The normalized spacial score (nSPS) is 10.4. The first-order valence-corrected chi connectivity index (χ1v) is 7.46. The van der Waals surface area contributed by atoms with E-state index in [0.717, 1.165) is 12.4 Å². The van der Waals surface area contributed by atoms with Gasteiger partial charge in [-0.25, -0.2) is 0 Å². The summed E-state index contributed by atoms with van der Waals surface area (Å²) in [5.41, 5.74) is 0. The average Bonchev–Trinajstić information content (AvgIpc) is 2.14. The van der Waals surface area contributed by atoms with Gasteiger partial charge in [0, 0.05) is 8.80 Å². The number of hydrogen-bond acceptors (Lipinski definition) is 1. The monoisotopic (exact) mass is 193 g/mol. The van der Waals surface area contributed by atoms with Gasteiger partial charge in [-0.1, -0.05) is 37.3 Å². The van der Waals surface area contributed by atoms with E-state index in [1.54, 1.807) is 0 Å². The van der Waals surface area contributed by atoms with Crippen LogP contribution in [-0.2, 0) is 0 Å². The van der Waals surface area contributed by atoms with Crippen molar-refractivity contribution >= 4 is 8.80 Å². The SMILES string of the molecule is C[Si](C)CCCOc1ccccc1. The first-order chi connectivity index (χ1) is 6.29. The summed E-state index contributed by atoms with van der Waals surface area (Å²) in [6, 6.07) is 11.4. The molecule has 1 aromatic rings. The Kier molecular flexibility index (Phi) is 4.61. The fraction of sp³-hybridized carbons (Fsp3) is 0.455. The van der Waals surface area contributed by atoms with Crippen molar-refractivity contribution in [3.8, 4) is 5.75 Å². The Morgan fingerprint density at radius 3 is 2.46 bits per heavy atom. The number of ether oxygens (including phenoxy) is 1. The molecule has 0 aliphatic heterocycles. The van der Waals surface area contributed by atoms with Crippen LogP contribution in [0.4, 0.5) is 0 Å². The molecule has 0 heterocycles. The predicted octanol–water partition coefficient (Wildman–Crippen LogP) is 3.21. The van der Waals surface area contributed by atoms with Crippen LogP contribution in [0.15, 0.2) is 30.3 Å². The van der Waals surface area contributed by atoms with E-state index in [4.69, 9.17) is 4.74 Å². The lowest BCUT2D eigenvalue weighted by molar-refractivity contribution is 0.317. The van der Waals surface area contributed by atoms with Gasteiger partial charge in [0.25, 0.3) is 0 Å². The third-order valence-corrected chi connectivity index (χ3v) is 3.19. The zero-order chi connectivity index (χ0) is 9.52. The van der Waals surface area contributed by atoms with Crippen LogP contribution in [0.5, 0.6) is 5.75 Å². The van der Waals surface area contributed by atoms with E-state index in [2.05, 4.69) is 13.1 Å². The topological polar surface area (TPSA) is 9.23 Å². The van der Waals surface area contributed by atoms with Gasteiger partial charge in [-0.15, -0.1) is 0 Å². The van der Waals surface area contributed by atoms with Crippen molar-refractivity contribution in [2.24, 2.45) is 0 Å². The van der Waals surface area contributed by atoms with Crippen molar-refractivity contribution in [3.63, 3.8) is 0 Å². The lowest BCUT2D eigenvalue weighted by Crippen LogP contribution is -2.03. The van der Waals surface area contributed by atoms with E-state index < -0.39 is 0 Å². The number of para-hydroxylation sites is 1. The Labute approximate surface area is 82.3 Å². The van der Waals surface area contributed by atoms with Crippen molar-refractivity contribution in [3.05, 3.63) is 30.3 Å². The second-order valence-electron chi connectivity index (χ2n) is 3.47. The van der Waals surface area contributed by atoms with Gasteiger partial charge in [-0.3, -0.25) is 0 Å². The molecule has 1 radical (unpaired) electrons. The van der Waals surface area contributed by atoms with Gasteiger partial charge in [0.15, 0.2) is 0 Å². The molecule has 0 unspecified atom stereocenters. The second kappa shape index (κ2) is 5.81. The quantitative estimate of drug-likeness (QED) is 0.515. The van der Waals surface area contributed by atoms with E-state index in [1.165, 1.54) is 12.5 Å². The number of benzene rings is 1. The van der Waals surface area contributed by atoms with Crippen LogP contribution >= 0.6 is 0 Å². The van der Waals surface area contributed by atoms with Crippen molar-refractivity contribution < 1.29 is 4.74 Å². The largest absolute Gasteiger partial charge is 0.494 e. The lowest BCUT2D eigenvalue weighted by atomic mass is 10.3. The number of hydrogen-bond donors (Lipinski definition) is 0. The number of rotatable bonds is 5. The van der Waals surface area contributed by atoms with E-state index in [9.17, 15) is 0 Å². The molecule has 0 saturated carbocycles. The van der Waals surface area contributed by atoms with Crippen LogP contribution in [0, 0.1) is 0 Å². The highest BCUT2D eigenvalue weighted by molar-refractivity contribution is 6.55. The molecular formula is C11H17OSi. The van der Waals surface area contributed by atoms with Gasteiger partial charge < -0.3 is 4.74 Å². The smallest absolute Gasteiger partial charge is 0.119 e. The lowest BCUT2D eigenvalue weighted by Gasteiger charge is -2.06. The fourth-order valence-electron chi connectivity index (χ4n) is 1.13. The van der Waals surface area contributed by atoms with E-state index >= 15 is 0 Å². The van der Waals surface area contributed by atoms with Crippen molar-refractivity contribution in [2.75, 3.05) is 6.61 Å². The molecular weight excluding hydrogens is 176 g/mol. The zero-order valence-electron chi connectivity index (χ0n) is 8.42. The summed E-state index contributed by atoms with van der Waals surface area (Å²) in [4.78, 5) is 0.